The van der Waals surface area contributed by atoms with Gasteiger partial charge in [-0.2, -0.15) is 0 Å². The first-order chi connectivity index (χ1) is 12.1. The highest BCUT2D eigenvalue weighted by molar-refractivity contribution is 5.78. The van der Waals surface area contributed by atoms with Crippen LogP contribution in [0.1, 0.15) is 42.9 Å². The largest absolute Gasteiger partial charge is 0.461 e. The average Bonchev–Trinajstić information content (AvgIpc) is 3.11. The molecule has 0 saturated heterocycles. The zero-order valence-corrected chi connectivity index (χ0v) is 14.7. The van der Waals surface area contributed by atoms with Gasteiger partial charge in [0.05, 0.1) is 0 Å². The number of ether oxygens (including phenoxy) is 1. The molecule has 1 saturated carbocycles. The molecule has 2 aromatic rings. The van der Waals surface area contributed by atoms with Gasteiger partial charge in [0.25, 0.3) is 0 Å². The molecule has 0 unspecified atom stereocenters. The van der Waals surface area contributed by atoms with E-state index in [1.807, 2.05) is 66.5 Å². The van der Waals surface area contributed by atoms with Crippen LogP contribution in [0.15, 0.2) is 54.6 Å². The molecule has 2 aromatic carbocycles. The molecule has 1 atom stereocenters. The monoisotopic (exact) mass is 338 g/mol. The van der Waals surface area contributed by atoms with E-state index >= 15 is 0 Å². The first-order valence-corrected chi connectivity index (χ1v) is 8.94. The Balaban J connectivity index is 1.80. The van der Waals surface area contributed by atoms with Gasteiger partial charge in [-0.05, 0) is 49.9 Å². The average molecular weight is 338 g/mol. The zero-order valence-electron chi connectivity index (χ0n) is 14.7. The predicted octanol–water partition coefficient (Wildman–Crippen LogP) is 3.93. The fourth-order valence-electron chi connectivity index (χ4n) is 3.48. The lowest BCUT2D eigenvalue weighted by Crippen LogP contribution is -2.33. The molecule has 0 amide bonds. The first-order valence-electron chi connectivity index (χ1n) is 8.94. The van der Waals surface area contributed by atoms with Gasteiger partial charge in [0, 0.05) is 12.2 Å². The van der Waals surface area contributed by atoms with Crippen LogP contribution >= 0.6 is 0 Å². The second-order valence-corrected chi connectivity index (χ2v) is 6.77. The number of rotatable bonds is 6. The first kappa shape index (κ1) is 17.5. The van der Waals surface area contributed by atoms with E-state index in [0.717, 1.165) is 42.5 Å². The molecule has 3 rings (SSSR count). The van der Waals surface area contributed by atoms with E-state index in [-0.39, 0.29) is 12.1 Å². The van der Waals surface area contributed by atoms with Gasteiger partial charge in [0.1, 0.15) is 12.1 Å². The van der Waals surface area contributed by atoms with Crippen molar-refractivity contribution in [1.82, 2.24) is 4.90 Å². The fraction of sp³-hybridized carbons (Fsp3) is 0.381. The SMILES string of the molecule is CN(Cc1ccccc1N)[C@H](C(=O)OC1CCCC1)c1ccccc1. The standard InChI is InChI=1S/C21H26N2O2/c1-23(15-17-11-5-8-14-19(17)22)20(16-9-3-2-4-10-16)21(24)25-18-12-6-7-13-18/h2-5,8-11,14,18,20H,6-7,12-13,15,22H2,1H3/t20-/m0/s1. The Bertz CT molecular complexity index is 696. The Labute approximate surface area is 149 Å². The maximum absolute atomic E-state index is 12.9. The number of anilines is 1. The number of carbonyl (C=O) groups excluding carboxylic acids is 1. The molecule has 1 aliphatic carbocycles. The van der Waals surface area contributed by atoms with Gasteiger partial charge in [0.15, 0.2) is 0 Å². The number of benzene rings is 2. The number of nitrogen functional groups attached to an aromatic ring is 1. The molecule has 2 N–H and O–H groups in total. The number of nitrogens with zero attached hydrogens (tertiary/aromatic N) is 1. The number of nitrogens with two attached hydrogens (primary N) is 1. The van der Waals surface area contributed by atoms with Crippen LogP contribution in [-0.2, 0) is 16.1 Å². The van der Waals surface area contributed by atoms with E-state index in [1.54, 1.807) is 0 Å². The second kappa shape index (κ2) is 8.17. The summed E-state index contributed by atoms with van der Waals surface area (Å²) < 4.78 is 5.81. The van der Waals surface area contributed by atoms with Crippen LogP contribution in [0.4, 0.5) is 5.69 Å². The summed E-state index contributed by atoms with van der Waals surface area (Å²) in [6.07, 6.45) is 4.30. The van der Waals surface area contributed by atoms with E-state index in [4.69, 9.17) is 10.5 Å². The van der Waals surface area contributed by atoms with Crippen molar-refractivity contribution < 1.29 is 9.53 Å². The summed E-state index contributed by atoms with van der Waals surface area (Å²) in [7, 11) is 1.94. The van der Waals surface area contributed by atoms with Gasteiger partial charge >= 0.3 is 5.97 Å². The number of hydrogen-bond donors (Lipinski definition) is 1. The van der Waals surface area contributed by atoms with Crippen LogP contribution in [0.2, 0.25) is 0 Å². The Morgan fingerprint density at radius 2 is 1.76 bits per heavy atom. The molecule has 0 bridgehead atoms. The number of esters is 1. The molecule has 0 aliphatic heterocycles. The molecule has 1 aliphatic rings. The summed E-state index contributed by atoms with van der Waals surface area (Å²) in [6.45, 7) is 0.589. The highest BCUT2D eigenvalue weighted by atomic mass is 16.5. The van der Waals surface area contributed by atoms with Crippen LogP contribution in [0, 0.1) is 0 Å². The summed E-state index contributed by atoms with van der Waals surface area (Å²) in [5, 5.41) is 0. The normalized spacial score (nSPS) is 16.1. The third-order valence-corrected chi connectivity index (χ3v) is 4.84. The van der Waals surface area contributed by atoms with Crippen LogP contribution in [-0.4, -0.2) is 24.0 Å². The van der Waals surface area contributed by atoms with Crippen molar-refractivity contribution in [3.63, 3.8) is 0 Å². The predicted molar refractivity (Wildman–Crippen MR) is 99.9 cm³/mol. The van der Waals surface area contributed by atoms with Crippen LogP contribution in [0.3, 0.4) is 0 Å². The van der Waals surface area contributed by atoms with Gasteiger partial charge in [-0.1, -0.05) is 48.5 Å². The molecule has 0 spiro atoms. The summed E-state index contributed by atoms with van der Waals surface area (Å²) in [5.74, 6) is -0.171. The summed E-state index contributed by atoms with van der Waals surface area (Å²) in [4.78, 5) is 14.9. The quantitative estimate of drug-likeness (QED) is 0.640. The molecule has 0 heterocycles. The van der Waals surface area contributed by atoms with Crippen molar-refractivity contribution in [3.8, 4) is 0 Å². The summed E-state index contributed by atoms with van der Waals surface area (Å²) in [6, 6.07) is 17.2. The van der Waals surface area contributed by atoms with Crippen molar-refractivity contribution >= 4 is 11.7 Å². The van der Waals surface area contributed by atoms with Crippen molar-refractivity contribution in [3.05, 3.63) is 65.7 Å². The van der Waals surface area contributed by atoms with E-state index in [9.17, 15) is 4.79 Å². The minimum Gasteiger partial charge on any atom is -0.461 e. The molecule has 4 nitrogen and oxygen atoms in total. The third kappa shape index (κ3) is 4.40. The summed E-state index contributed by atoms with van der Waals surface area (Å²) >= 11 is 0. The molecule has 0 aromatic heterocycles. The maximum Gasteiger partial charge on any atom is 0.328 e. The van der Waals surface area contributed by atoms with Gasteiger partial charge < -0.3 is 10.5 Å². The zero-order chi connectivity index (χ0) is 17.6. The Hall–Kier alpha value is -2.33. The Morgan fingerprint density at radius 3 is 2.44 bits per heavy atom. The maximum atomic E-state index is 12.9. The molecule has 0 radical (unpaired) electrons. The van der Waals surface area contributed by atoms with Gasteiger partial charge in [-0.25, -0.2) is 4.79 Å². The topological polar surface area (TPSA) is 55.6 Å². The van der Waals surface area contributed by atoms with Crippen LogP contribution in [0.25, 0.3) is 0 Å². The van der Waals surface area contributed by atoms with E-state index in [2.05, 4.69) is 0 Å². The fourth-order valence-corrected chi connectivity index (χ4v) is 3.48. The van der Waals surface area contributed by atoms with E-state index in [0.29, 0.717) is 6.54 Å². The number of likely N-dealkylation sites (N-methyl/N-ethyl adjacent to an activating group) is 1. The lowest BCUT2D eigenvalue weighted by atomic mass is 10.0. The van der Waals surface area contributed by atoms with Crippen LogP contribution in [0.5, 0.6) is 0 Å². The summed E-state index contributed by atoms with van der Waals surface area (Å²) in [5.41, 5.74) is 8.77. The highest BCUT2D eigenvalue weighted by Crippen LogP contribution is 2.28. The van der Waals surface area contributed by atoms with Gasteiger partial charge in [0.2, 0.25) is 0 Å². The van der Waals surface area contributed by atoms with E-state index in [1.165, 1.54) is 0 Å². The van der Waals surface area contributed by atoms with Gasteiger partial charge in [-0.3, -0.25) is 4.90 Å². The molecular formula is C21H26N2O2. The Morgan fingerprint density at radius 1 is 1.12 bits per heavy atom. The molecule has 1 fully saturated rings. The minimum atomic E-state index is -0.429. The molecule has 25 heavy (non-hydrogen) atoms. The number of hydrogen-bond acceptors (Lipinski definition) is 4. The van der Waals surface area contributed by atoms with Crippen molar-refractivity contribution in [2.45, 2.75) is 44.4 Å². The van der Waals surface area contributed by atoms with Crippen molar-refractivity contribution in [2.24, 2.45) is 0 Å². The minimum absolute atomic E-state index is 0.0638. The highest BCUT2D eigenvalue weighted by Gasteiger charge is 2.30. The number of carbonyl (C=O) groups is 1. The molecular weight excluding hydrogens is 312 g/mol. The van der Waals surface area contributed by atoms with Crippen molar-refractivity contribution in [2.75, 3.05) is 12.8 Å². The van der Waals surface area contributed by atoms with E-state index < -0.39 is 6.04 Å². The smallest absolute Gasteiger partial charge is 0.328 e. The Kier molecular flexibility index (Phi) is 5.71. The van der Waals surface area contributed by atoms with Crippen molar-refractivity contribution in [1.29, 1.82) is 0 Å². The third-order valence-electron chi connectivity index (χ3n) is 4.84. The second-order valence-electron chi connectivity index (χ2n) is 6.77. The molecule has 132 valence electrons. The number of para-hydroxylation sites is 1. The lowest BCUT2D eigenvalue weighted by Gasteiger charge is -2.28. The molecule has 4 heteroatoms. The van der Waals surface area contributed by atoms with Gasteiger partial charge in [-0.15, -0.1) is 0 Å². The lowest BCUT2D eigenvalue weighted by molar-refractivity contribution is -0.155. The van der Waals surface area contributed by atoms with Crippen LogP contribution < -0.4 is 5.73 Å².